The first kappa shape index (κ1) is 37.6. The van der Waals surface area contributed by atoms with Gasteiger partial charge in [-0.2, -0.15) is 10.9 Å². The average Bonchev–Trinajstić information content (AvgIpc) is 3.94. The number of thiophene rings is 2. The second kappa shape index (κ2) is 19.0. The summed E-state index contributed by atoms with van der Waals surface area (Å²) in [5.41, 5.74) is 12.5. The van der Waals surface area contributed by atoms with Crippen molar-refractivity contribution in [3.8, 4) is 11.5 Å². The molecular formula is C43H44N4O4S2. The van der Waals surface area contributed by atoms with Gasteiger partial charge in [-0.25, -0.2) is 0 Å². The summed E-state index contributed by atoms with van der Waals surface area (Å²) >= 11 is 3.21. The number of anilines is 2. The summed E-state index contributed by atoms with van der Waals surface area (Å²) in [6.45, 7) is 1.15. The van der Waals surface area contributed by atoms with Gasteiger partial charge in [0.2, 0.25) is 0 Å². The lowest BCUT2D eigenvalue weighted by molar-refractivity contribution is 0.0601. The normalized spacial score (nSPS) is 13.8. The minimum absolute atomic E-state index is 0.575. The molecule has 0 bridgehead atoms. The number of aliphatic hydroxyl groups is 2. The molecule has 53 heavy (non-hydrogen) atoms. The Hall–Kier alpha value is -5.20. The monoisotopic (exact) mass is 744 g/mol. The lowest BCUT2D eigenvalue weighted by atomic mass is 10.0. The van der Waals surface area contributed by atoms with Crippen LogP contribution >= 0.6 is 22.7 Å². The van der Waals surface area contributed by atoms with E-state index in [0.29, 0.717) is 24.3 Å². The number of nitrogens with one attached hydrogen (secondary N) is 4. The molecular weight excluding hydrogens is 701 g/mol. The minimum Gasteiger partial charge on any atom is -0.494 e. The molecule has 2 aromatic heterocycles. The van der Waals surface area contributed by atoms with Gasteiger partial charge in [-0.3, -0.25) is 0 Å². The standard InChI is InChI=1S/C43H44N4O4S2/c48-42(28-26-40-16-10-32-52-40,46-44-36-12-4-1-5-13-36)34-18-22-38(23-19-34)50-30-8-3-9-31-51-39-24-20-35(21-25-39)43(49,29-27-41-17-11-33-53-41)47-45-37-14-6-2-7-15-37/h1-2,4-7,10-29,32-33,44-49H,3,8-9,30-31H2/b28-26+,29-27+. The summed E-state index contributed by atoms with van der Waals surface area (Å²) in [6.07, 6.45) is 10.0. The number of benzene rings is 4. The van der Waals surface area contributed by atoms with Crippen molar-refractivity contribution in [1.82, 2.24) is 10.9 Å². The summed E-state index contributed by atoms with van der Waals surface area (Å²) in [5.74, 6) is 1.48. The highest BCUT2D eigenvalue weighted by atomic mass is 32.1. The maximum absolute atomic E-state index is 11.6. The van der Waals surface area contributed by atoms with Crippen LogP contribution in [0.3, 0.4) is 0 Å². The fraction of sp³-hybridized carbons (Fsp3) is 0.163. The van der Waals surface area contributed by atoms with Crippen LogP contribution in [0, 0.1) is 0 Å². The van der Waals surface area contributed by atoms with Crippen molar-refractivity contribution in [2.24, 2.45) is 0 Å². The molecule has 0 radical (unpaired) electrons. The smallest absolute Gasteiger partial charge is 0.178 e. The highest BCUT2D eigenvalue weighted by Crippen LogP contribution is 2.27. The summed E-state index contributed by atoms with van der Waals surface area (Å²) in [6, 6.07) is 42.3. The van der Waals surface area contributed by atoms with E-state index in [1.165, 1.54) is 0 Å². The number of hydrogen-bond donors (Lipinski definition) is 6. The highest BCUT2D eigenvalue weighted by molar-refractivity contribution is 7.11. The van der Waals surface area contributed by atoms with Gasteiger partial charge in [0.1, 0.15) is 11.5 Å². The number of hydrazine groups is 2. The number of ether oxygens (including phenoxy) is 2. The van der Waals surface area contributed by atoms with Gasteiger partial charge in [-0.05, 0) is 115 Å². The zero-order chi connectivity index (χ0) is 36.6. The van der Waals surface area contributed by atoms with E-state index in [1.807, 2.05) is 156 Å². The lowest BCUT2D eigenvalue weighted by Gasteiger charge is -2.27. The van der Waals surface area contributed by atoms with Crippen molar-refractivity contribution < 1.29 is 19.7 Å². The molecule has 6 N–H and O–H groups in total. The van der Waals surface area contributed by atoms with Crippen LogP contribution in [0.2, 0.25) is 0 Å². The third-order valence-electron chi connectivity index (χ3n) is 8.32. The third kappa shape index (κ3) is 11.4. The van der Waals surface area contributed by atoms with Gasteiger partial charge in [-0.1, -0.05) is 72.8 Å². The molecule has 6 rings (SSSR count). The topological polar surface area (TPSA) is 107 Å². The second-order valence-electron chi connectivity index (χ2n) is 12.3. The zero-order valence-corrected chi connectivity index (χ0v) is 30.9. The van der Waals surface area contributed by atoms with E-state index in [-0.39, 0.29) is 0 Å². The summed E-state index contributed by atoms with van der Waals surface area (Å²) in [4.78, 5) is 2.08. The molecule has 0 saturated carbocycles. The van der Waals surface area contributed by atoms with Crippen molar-refractivity contribution in [3.05, 3.63) is 177 Å². The first-order valence-electron chi connectivity index (χ1n) is 17.5. The van der Waals surface area contributed by atoms with Crippen LogP contribution in [0.4, 0.5) is 11.4 Å². The Balaban J connectivity index is 0.950. The van der Waals surface area contributed by atoms with Crippen molar-refractivity contribution in [2.45, 2.75) is 30.7 Å². The molecule has 6 aromatic rings. The van der Waals surface area contributed by atoms with Gasteiger partial charge in [0.15, 0.2) is 11.4 Å². The Morgan fingerprint density at radius 3 is 1.28 bits per heavy atom. The largest absolute Gasteiger partial charge is 0.494 e. The van der Waals surface area contributed by atoms with E-state index in [4.69, 9.17) is 9.47 Å². The average molecular weight is 745 g/mol. The fourth-order valence-corrected chi connectivity index (χ4v) is 6.58. The number of para-hydroxylation sites is 2. The Morgan fingerprint density at radius 2 is 0.906 bits per heavy atom. The van der Waals surface area contributed by atoms with Gasteiger partial charge >= 0.3 is 0 Å². The van der Waals surface area contributed by atoms with Gasteiger partial charge in [-0.15, -0.1) is 22.7 Å². The summed E-state index contributed by atoms with van der Waals surface area (Å²) in [5, 5.41) is 27.3. The Kier molecular flexibility index (Phi) is 13.5. The molecule has 0 amide bonds. The lowest BCUT2D eigenvalue weighted by Crippen LogP contribution is -2.44. The highest BCUT2D eigenvalue weighted by Gasteiger charge is 2.27. The number of unbranched alkanes of at least 4 members (excludes halogenated alkanes) is 2. The molecule has 0 spiro atoms. The third-order valence-corrected chi connectivity index (χ3v) is 10.00. The van der Waals surface area contributed by atoms with E-state index in [1.54, 1.807) is 34.8 Å². The quantitative estimate of drug-likeness (QED) is 0.0261. The van der Waals surface area contributed by atoms with Gasteiger partial charge < -0.3 is 30.5 Å². The predicted molar refractivity (Wildman–Crippen MR) is 219 cm³/mol. The molecule has 10 heteroatoms. The van der Waals surface area contributed by atoms with E-state index in [2.05, 4.69) is 21.7 Å². The Morgan fingerprint density at radius 1 is 0.491 bits per heavy atom. The maximum Gasteiger partial charge on any atom is 0.178 e. The van der Waals surface area contributed by atoms with Gasteiger partial charge in [0.05, 0.1) is 13.2 Å². The van der Waals surface area contributed by atoms with Crippen LogP contribution in [-0.2, 0) is 11.4 Å². The van der Waals surface area contributed by atoms with E-state index in [9.17, 15) is 10.2 Å². The van der Waals surface area contributed by atoms with Crippen LogP contribution in [0.15, 0.2) is 156 Å². The number of hydrogen-bond acceptors (Lipinski definition) is 10. The van der Waals surface area contributed by atoms with E-state index < -0.39 is 11.4 Å². The first-order valence-corrected chi connectivity index (χ1v) is 19.3. The van der Waals surface area contributed by atoms with Crippen molar-refractivity contribution in [3.63, 3.8) is 0 Å². The van der Waals surface area contributed by atoms with Crippen molar-refractivity contribution >= 4 is 46.2 Å². The summed E-state index contributed by atoms with van der Waals surface area (Å²) < 4.78 is 12.0. The molecule has 0 aliphatic heterocycles. The molecule has 0 aliphatic rings. The van der Waals surface area contributed by atoms with Crippen LogP contribution in [0.25, 0.3) is 12.2 Å². The van der Waals surface area contributed by atoms with E-state index in [0.717, 1.165) is 51.9 Å². The van der Waals surface area contributed by atoms with Crippen LogP contribution < -0.4 is 31.2 Å². The molecule has 8 nitrogen and oxygen atoms in total. The molecule has 4 aromatic carbocycles. The molecule has 2 heterocycles. The first-order chi connectivity index (χ1) is 26.0. The summed E-state index contributed by atoms with van der Waals surface area (Å²) in [7, 11) is 0. The molecule has 272 valence electrons. The van der Waals surface area contributed by atoms with Crippen LogP contribution in [0.1, 0.15) is 40.1 Å². The minimum atomic E-state index is -1.46. The number of rotatable bonds is 20. The maximum atomic E-state index is 11.6. The van der Waals surface area contributed by atoms with Crippen LogP contribution in [0.5, 0.6) is 11.5 Å². The van der Waals surface area contributed by atoms with E-state index >= 15 is 0 Å². The molecule has 2 atom stereocenters. The SMILES string of the molecule is OC(/C=C/c1cccs1)(NNc1ccccc1)c1ccc(OCCCCCOc2ccc(C(O)(/C=C/c3cccs3)NNc3ccccc3)cc2)cc1. The molecule has 0 fully saturated rings. The van der Waals surface area contributed by atoms with Crippen LogP contribution in [-0.4, -0.2) is 23.4 Å². The Bertz CT molecular complexity index is 1830. The molecule has 0 aliphatic carbocycles. The Labute approximate surface area is 319 Å². The van der Waals surface area contributed by atoms with Gasteiger partial charge in [0, 0.05) is 32.3 Å². The fourth-order valence-electron chi connectivity index (χ4n) is 5.35. The second-order valence-corrected chi connectivity index (χ2v) is 14.2. The predicted octanol–water partition coefficient (Wildman–Crippen LogP) is 9.39. The zero-order valence-electron chi connectivity index (χ0n) is 29.2. The molecule has 0 saturated heterocycles. The van der Waals surface area contributed by atoms with Crippen molar-refractivity contribution in [2.75, 3.05) is 24.1 Å². The molecule has 2 unspecified atom stereocenters. The van der Waals surface area contributed by atoms with Crippen molar-refractivity contribution in [1.29, 1.82) is 0 Å². The van der Waals surface area contributed by atoms with Gasteiger partial charge in [0.25, 0.3) is 0 Å².